The number of hydrazine groups is 1. The van der Waals surface area contributed by atoms with Crippen LogP contribution in [0.5, 0.6) is 0 Å². The fraction of sp³-hybridized carbons (Fsp3) is 0.560. The summed E-state index contributed by atoms with van der Waals surface area (Å²) >= 11 is 1.81. The first-order valence-electron chi connectivity index (χ1n) is 12.1. The lowest BCUT2D eigenvalue weighted by molar-refractivity contribution is -0.188. The van der Waals surface area contributed by atoms with Crippen molar-refractivity contribution in [3.05, 3.63) is 47.4 Å². The van der Waals surface area contributed by atoms with Gasteiger partial charge in [0, 0.05) is 25.4 Å². The van der Waals surface area contributed by atoms with Crippen molar-refractivity contribution in [2.45, 2.75) is 57.1 Å². The number of fused-ring (bicyclic) bond motifs is 1. The van der Waals surface area contributed by atoms with E-state index in [4.69, 9.17) is 0 Å². The van der Waals surface area contributed by atoms with Gasteiger partial charge in [-0.25, -0.2) is 14.8 Å². The molecule has 0 bridgehead atoms. The molecule has 1 unspecified atom stereocenters. The SMILES string of the molecule is CC(C)C[C@H]1C(=O)N(CCC2CC=CS2)C[C@H]2N1C(=O)CN(C)N2C(=O)NCc1ccccc1. The summed E-state index contributed by atoms with van der Waals surface area (Å²) in [7, 11) is 1.76. The van der Waals surface area contributed by atoms with Gasteiger partial charge >= 0.3 is 6.03 Å². The summed E-state index contributed by atoms with van der Waals surface area (Å²) in [4.78, 5) is 43.5. The summed E-state index contributed by atoms with van der Waals surface area (Å²) in [5.41, 5.74) is 1.00. The summed E-state index contributed by atoms with van der Waals surface area (Å²) in [6.45, 7) is 5.55. The molecule has 3 aliphatic rings. The fourth-order valence-electron chi connectivity index (χ4n) is 4.95. The van der Waals surface area contributed by atoms with Crippen molar-refractivity contribution in [3.8, 4) is 0 Å². The zero-order valence-corrected chi connectivity index (χ0v) is 21.0. The number of piperazine rings is 1. The lowest BCUT2D eigenvalue weighted by atomic mass is 9.97. The van der Waals surface area contributed by atoms with E-state index in [0.717, 1.165) is 18.4 Å². The number of benzene rings is 1. The highest BCUT2D eigenvalue weighted by atomic mass is 32.2. The molecule has 0 aliphatic carbocycles. The Morgan fingerprint density at radius 2 is 1.97 bits per heavy atom. The quantitative estimate of drug-likeness (QED) is 0.643. The average Bonchev–Trinajstić information content (AvgIpc) is 3.32. The van der Waals surface area contributed by atoms with Crippen molar-refractivity contribution in [1.29, 1.82) is 0 Å². The third kappa shape index (κ3) is 5.41. The van der Waals surface area contributed by atoms with Gasteiger partial charge in [0.25, 0.3) is 0 Å². The summed E-state index contributed by atoms with van der Waals surface area (Å²) in [6.07, 6.45) is 4.16. The van der Waals surface area contributed by atoms with Crippen molar-refractivity contribution in [1.82, 2.24) is 25.1 Å². The van der Waals surface area contributed by atoms with E-state index in [2.05, 4.69) is 30.6 Å². The van der Waals surface area contributed by atoms with E-state index < -0.39 is 12.2 Å². The molecule has 2 fully saturated rings. The number of nitrogens with one attached hydrogen (secondary N) is 1. The summed E-state index contributed by atoms with van der Waals surface area (Å²) in [6, 6.07) is 8.94. The van der Waals surface area contributed by atoms with Crippen molar-refractivity contribution in [2.75, 3.05) is 26.7 Å². The van der Waals surface area contributed by atoms with Crippen LogP contribution < -0.4 is 5.32 Å². The number of likely N-dealkylation sites (N-methyl/N-ethyl adjacent to an activating group) is 1. The molecule has 4 rings (SSSR count). The van der Waals surface area contributed by atoms with Crippen LogP contribution in [0, 0.1) is 5.92 Å². The first-order chi connectivity index (χ1) is 16.3. The van der Waals surface area contributed by atoms with Crippen LogP contribution in [0.1, 0.15) is 38.7 Å². The van der Waals surface area contributed by atoms with E-state index in [1.54, 1.807) is 22.0 Å². The first kappa shape index (κ1) is 24.6. The maximum absolute atomic E-state index is 13.5. The summed E-state index contributed by atoms with van der Waals surface area (Å²) in [5.74, 6) is 0.147. The molecular weight excluding hydrogens is 450 g/mol. The van der Waals surface area contributed by atoms with Crippen LogP contribution in [0.2, 0.25) is 0 Å². The van der Waals surface area contributed by atoms with Crippen LogP contribution in [-0.2, 0) is 16.1 Å². The summed E-state index contributed by atoms with van der Waals surface area (Å²) in [5, 5.41) is 8.91. The second-order valence-electron chi connectivity index (χ2n) is 9.67. The molecule has 9 heteroatoms. The minimum absolute atomic E-state index is 0.00320. The van der Waals surface area contributed by atoms with E-state index in [-0.39, 0.29) is 30.3 Å². The number of allylic oxidation sites excluding steroid dienone is 1. The molecule has 0 saturated carbocycles. The predicted octanol–water partition coefficient (Wildman–Crippen LogP) is 2.88. The van der Waals surface area contributed by atoms with Crippen molar-refractivity contribution in [2.24, 2.45) is 5.92 Å². The molecule has 3 aliphatic heterocycles. The van der Waals surface area contributed by atoms with E-state index >= 15 is 0 Å². The third-order valence-electron chi connectivity index (χ3n) is 6.62. The Bertz CT molecular complexity index is 916. The van der Waals surface area contributed by atoms with Gasteiger partial charge in [-0.2, -0.15) is 0 Å². The number of nitrogens with zero attached hydrogens (tertiary/aromatic N) is 4. The second kappa shape index (κ2) is 10.8. The predicted molar refractivity (Wildman–Crippen MR) is 133 cm³/mol. The highest BCUT2D eigenvalue weighted by molar-refractivity contribution is 8.03. The van der Waals surface area contributed by atoms with Crippen molar-refractivity contribution < 1.29 is 14.4 Å². The van der Waals surface area contributed by atoms with Crippen LogP contribution in [0.25, 0.3) is 0 Å². The molecule has 2 saturated heterocycles. The number of amides is 4. The van der Waals surface area contributed by atoms with Gasteiger partial charge in [-0.05, 0) is 36.2 Å². The molecule has 0 aromatic heterocycles. The lowest BCUT2D eigenvalue weighted by Crippen LogP contribution is -2.76. The number of carbonyl (C=O) groups excluding carboxylic acids is 3. The average molecular weight is 486 g/mol. The van der Waals surface area contributed by atoms with Gasteiger partial charge in [0.2, 0.25) is 11.8 Å². The highest BCUT2D eigenvalue weighted by Gasteiger charge is 2.50. The normalized spacial score (nSPS) is 25.3. The second-order valence-corrected chi connectivity index (χ2v) is 10.9. The number of carbonyl (C=O) groups is 3. The molecule has 184 valence electrons. The molecule has 0 radical (unpaired) electrons. The Kier molecular flexibility index (Phi) is 7.83. The van der Waals surface area contributed by atoms with Gasteiger partial charge in [-0.15, -0.1) is 11.8 Å². The van der Waals surface area contributed by atoms with Gasteiger partial charge in [0.15, 0.2) is 0 Å². The third-order valence-corrected chi connectivity index (χ3v) is 7.78. The van der Waals surface area contributed by atoms with Gasteiger partial charge in [0.05, 0.1) is 13.1 Å². The number of urea groups is 1. The van der Waals surface area contributed by atoms with E-state index in [1.165, 1.54) is 0 Å². The molecule has 4 amide bonds. The van der Waals surface area contributed by atoms with E-state index in [9.17, 15) is 14.4 Å². The molecular formula is C25H35N5O3S. The van der Waals surface area contributed by atoms with Gasteiger partial charge < -0.3 is 15.1 Å². The Morgan fingerprint density at radius 3 is 2.65 bits per heavy atom. The van der Waals surface area contributed by atoms with Gasteiger partial charge in [-0.1, -0.05) is 50.3 Å². The maximum Gasteiger partial charge on any atom is 0.334 e. The minimum Gasteiger partial charge on any atom is -0.337 e. The molecule has 8 nitrogen and oxygen atoms in total. The van der Waals surface area contributed by atoms with Crippen molar-refractivity contribution in [3.63, 3.8) is 0 Å². The Labute approximate surface area is 206 Å². The molecule has 34 heavy (non-hydrogen) atoms. The maximum atomic E-state index is 13.5. The van der Waals surface area contributed by atoms with Gasteiger partial charge in [-0.3, -0.25) is 9.59 Å². The van der Waals surface area contributed by atoms with E-state index in [0.29, 0.717) is 31.3 Å². The molecule has 1 aromatic rings. The Morgan fingerprint density at radius 1 is 1.21 bits per heavy atom. The molecule has 3 heterocycles. The standard InChI is InChI=1S/C25H35N5O3S/c1-18(2)14-21-24(32)28(12-11-20-10-7-13-34-20)16-22-29(21)23(31)17-27(3)30(22)25(33)26-15-19-8-5-4-6-9-19/h4-9,13,18,20-22H,10-12,14-17H2,1-3H3,(H,26,33)/t20?,21-,22-/m0/s1. The van der Waals surface area contributed by atoms with Crippen LogP contribution in [0.3, 0.4) is 0 Å². The summed E-state index contributed by atoms with van der Waals surface area (Å²) < 4.78 is 0. The molecule has 3 atom stereocenters. The van der Waals surface area contributed by atoms with Crippen LogP contribution in [-0.4, -0.2) is 81.8 Å². The zero-order valence-electron chi connectivity index (χ0n) is 20.2. The number of hydrogen-bond donors (Lipinski definition) is 1. The highest BCUT2D eigenvalue weighted by Crippen LogP contribution is 2.31. The Hall–Kier alpha value is -2.52. The van der Waals surface area contributed by atoms with Crippen LogP contribution in [0.4, 0.5) is 4.79 Å². The first-order valence-corrected chi connectivity index (χ1v) is 13.0. The molecule has 1 N–H and O–H groups in total. The van der Waals surface area contributed by atoms with Crippen LogP contribution in [0.15, 0.2) is 41.8 Å². The van der Waals surface area contributed by atoms with E-state index in [1.807, 2.05) is 47.0 Å². The number of thioether (sulfide) groups is 1. The molecule has 0 spiro atoms. The molecule has 1 aromatic carbocycles. The van der Waals surface area contributed by atoms with Crippen molar-refractivity contribution >= 4 is 29.6 Å². The smallest absolute Gasteiger partial charge is 0.334 e. The van der Waals surface area contributed by atoms with Gasteiger partial charge in [0.1, 0.15) is 12.2 Å². The number of rotatable bonds is 7. The lowest BCUT2D eigenvalue weighted by Gasteiger charge is -2.54. The fourth-order valence-corrected chi connectivity index (χ4v) is 5.86. The minimum atomic E-state index is -0.543. The monoisotopic (exact) mass is 485 g/mol. The zero-order chi connectivity index (χ0) is 24.2. The topological polar surface area (TPSA) is 76.2 Å². The number of hydrogen-bond acceptors (Lipinski definition) is 5. The largest absolute Gasteiger partial charge is 0.337 e. The Balaban J connectivity index is 1.54. The van der Waals surface area contributed by atoms with Crippen LogP contribution >= 0.6 is 11.8 Å².